The van der Waals surface area contributed by atoms with Crippen molar-refractivity contribution in [2.75, 3.05) is 6.54 Å². The Hall–Kier alpha value is -2.89. The Morgan fingerprint density at radius 3 is 2.79 bits per heavy atom. The highest BCUT2D eigenvalue weighted by Gasteiger charge is 2.37. The van der Waals surface area contributed by atoms with Crippen molar-refractivity contribution < 1.29 is 13.9 Å². The summed E-state index contributed by atoms with van der Waals surface area (Å²) in [6.07, 6.45) is 0.256. The average Bonchev–Trinajstić information content (AvgIpc) is 2.97. The highest BCUT2D eigenvalue weighted by molar-refractivity contribution is 5.82. The monoisotopic (exact) mass is 381 g/mol. The third-order valence-corrected chi connectivity index (χ3v) is 4.90. The van der Waals surface area contributed by atoms with Crippen molar-refractivity contribution in [3.63, 3.8) is 0 Å². The molecule has 0 aliphatic carbocycles. The van der Waals surface area contributed by atoms with E-state index in [1.54, 1.807) is 11.0 Å². The van der Waals surface area contributed by atoms with Gasteiger partial charge in [-0.05, 0) is 63.9 Å². The molecule has 0 fully saturated rings. The lowest BCUT2D eigenvalue weighted by molar-refractivity contribution is 0.0175. The van der Waals surface area contributed by atoms with E-state index < -0.39 is 17.7 Å². The van der Waals surface area contributed by atoms with E-state index in [2.05, 4.69) is 9.97 Å². The summed E-state index contributed by atoms with van der Waals surface area (Å²) in [4.78, 5) is 22.7. The largest absolute Gasteiger partial charge is 0.444 e. The number of halogens is 1. The van der Waals surface area contributed by atoms with Crippen LogP contribution in [0.5, 0.6) is 0 Å². The van der Waals surface area contributed by atoms with Crippen LogP contribution in [0, 0.1) is 12.7 Å². The topological polar surface area (TPSA) is 58.2 Å². The fraction of sp³-hybridized carbons (Fsp3) is 0.364. The Morgan fingerprint density at radius 1 is 1.29 bits per heavy atom. The lowest BCUT2D eigenvalue weighted by Crippen LogP contribution is -2.43. The highest BCUT2D eigenvalue weighted by atomic mass is 19.1. The van der Waals surface area contributed by atoms with Gasteiger partial charge in [-0.25, -0.2) is 9.18 Å². The van der Waals surface area contributed by atoms with Crippen molar-refractivity contribution in [2.24, 2.45) is 0 Å². The molecular formula is C22H24FN3O2. The highest BCUT2D eigenvalue weighted by Crippen LogP contribution is 2.38. The number of benzene rings is 1. The third kappa shape index (κ3) is 3.35. The number of ether oxygens (including phenoxy) is 1. The number of aryl methyl sites for hydroxylation is 1. The number of carbonyl (C=O) groups excluding carboxylic acids is 1. The van der Waals surface area contributed by atoms with Crippen molar-refractivity contribution in [2.45, 2.75) is 45.8 Å². The van der Waals surface area contributed by atoms with Crippen LogP contribution in [0.2, 0.25) is 0 Å². The van der Waals surface area contributed by atoms with Gasteiger partial charge < -0.3 is 9.72 Å². The van der Waals surface area contributed by atoms with Gasteiger partial charge in [-0.3, -0.25) is 9.88 Å². The van der Waals surface area contributed by atoms with E-state index in [0.29, 0.717) is 18.5 Å². The Morgan fingerprint density at radius 2 is 2.07 bits per heavy atom. The molecule has 1 atom stereocenters. The van der Waals surface area contributed by atoms with Gasteiger partial charge in [-0.1, -0.05) is 12.1 Å². The number of hydrogen-bond donors (Lipinski definition) is 1. The molecule has 28 heavy (non-hydrogen) atoms. The molecule has 1 N–H and O–H groups in total. The smallest absolute Gasteiger partial charge is 0.411 e. The fourth-order valence-corrected chi connectivity index (χ4v) is 3.78. The molecule has 1 aromatic carbocycles. The molecule has 0 radical (unpaired) electrons. The number of pyridine rings is 1. The molecule has 1 unspecified atom stereocenters. The number of nitrogens with one attached hydrogen (secondary N) is 1. The predicted molar refractivity (Wildman–Crippen MR) is 106 cm³/mol. The van der Waals surface area contributed by atoms with Gasteiger partial charge in [-0.2, -0.15) is 0 Å². The maximum absolute atomic E-state index is 14.0. The van der Waals surface area contributed by atoms with Crippen LogP contribution in [0.1, 0.15) is 49.3 Å². The zero-order valence-electron chi connectivity index (χ0n) is 16.5. The van der Waals surface area contributed by atoms with Crippen molar-refractivity contribution in [3.8, 4) is 0 Å². The van der Waals surface area contributed by atoms with Crippen molar-refractivity contribution >= 4 is 17.1 Å². The van der Waals surface area contributed by atoms with Gasteiger partial charge in [0.15, 0.2) is 0 Å². The van der Waals surface area contributed by atoms with E-state index in [0.717, 1.165) is 28.0 Å². The van der Waals surface area contributed by atoms with Crippen LogP contribution in [0.3, 0.4) is 0 Å². The van der Waals surface area contributed by atoms with Gasteiger partial charge in [0.05, 0.1) is 11.0 Å². The van der Waals surface area contributed by atoms with Crippen LogP contribution >= 0.6 is 0 Å². The van der Waals surface area contributed by atoms with Crippen LogP contribution in [-0.4, -0.2) is 33.1 Å². The maximum Gasteiger partial charge on any atom is 0.411 e. The summed E-state index contributed by atoms with van der Waals surface area (Å²) in [7, 11) is 0. The molecule has 4 rings (SSSR count). The Bertz CT molecular complexity index is 1050. The number of aromatic nitrogens is 2. The molecule has 146 valence electrons. The lowest BCUT2D eigenvalue weighted by atomic mass is 9.93. The van der Waals surface area contributed by atoms with E-state index in [9.17, 15) is 9.18 Å². The first-order valence-corrected chi connectivity index (χ1v) is 9.46. The maximum atomic E-state index is 14.0. The minimum absolute atomic E-state index is 0.334. The van der Waals surface area contributed by atoms with Gasteiger partial charge >= 0.3 is 6.09 Å². The van der Waals surface area contributed by atoms with Crippen LogP contribution in [0.25, 0.3) is 11.0 Å². The van der Waals surface area contributed by atoms with Gasteiger partial charge in [0.1, 0.15) is 17.5 Å². The lowest BCUT2D eigenvalue weighted by Gasteiger charge is -2.37. The average molecular weight is 381 g/mol. The van der Waals surface area contributed by atoms with Crippen molar-refractivity contribution in [1.82, 2.24) is 14.9 Å². The summed E-state index contributed by atoms with van der Waals surface area (Å²) in [5, 5.41) is 0. The molecule has 0 saturated heterocycles. The number of amides is 1. The summed E-state index contributed by atoms with van der Waals surface area (Å²) in [6, 6.07) is 9.87. The number of hydrogen-bond acceptors (Lipinski definition) is 3. The van der Waals surface area contributed by atoms with Crippen LogP contribution in [0.15, 0.2) is 36.4 Å². The normalized spacial score (nSPS) is 16.9. The summed E-state index contributed by atoms with van der Waals surface area (Å²) < 4.78 is 19.6. The number of aromatic amines is 1. The Kier molecular flexibility index (Phi) is 4.37. The molecule has 0 spiro atoms. The molecule has 1 amide bonds. The van der Waals surface area contributed by atoms with Gasteiger partial charge in [0.25, 0.3) is 0 Å². The molecule has 1 aliphatic heterocycles. The molecule has 5 nitrogen and oxygen atoms in total. The van der Waals surface area contributed by atoms with Crippen molar-refractivity contribution in [3.05, 3.63) is 64.7 Å². The zero-order valence-corrected chi connectivity index (χ0v) is 16.5. The second-order valence-electron chi connectivity index (χ2n) is 8.25. The minimum Gasteiger partial charge on any atom is -0.444 e. The Labute approximate surface area is 163 Å². The predicted octanol–water partition coefficient (Wildman–Crippen LogP) is 4.89. The summed E-state index contributed by atoms with van der Waals surface area (Å²) in [5.74, 6) is -0.334. The third-order valence-electron chi connectivity index (χ3n) is 4.90. The van der Waals surface area contributed by atoms with Gasteiger partial charge in [0, 0.05) is 23.5 Å². The molecule has 2 aromatic heterocycles. The molecular weight excluding hydrogens is 357 g/mol. The molecule has 3 aromatic rings. The molecule has 3 heterocycles. The number of nitrogens with zero attached hydrogens (tertiary/aromatic N) is 2. The van der Waals surface area contributed by atoms with Crippen molar-refractivity contribution in [1.29, 1.82) is 0 Å². The molecule has 0 bridgehead atoms. The van der Waals surface area contributed by atoms with Crippen LogP contribution in [-0.2, 0) is 11.2 Å². The van der Waals surface area contributed by atoms with Gasteiger partial charge in [0.2, 0.25) is 0 Å². The minimum atomic E-state index is -0.608. The molecule has 0 saturated carbocycles. The second-order valence-corrected chi connectivity index (χ2v) is 8.25. The first-order chi connectivity index (χ1) is 13.2. The van der Waals surface area contributed by atoms with E-state index in [4.69, 9.17) is 4.74 Å². The fourth-order valence-electron chi connectivity index (χ4n) is 3.78. The molecule has 6 heteroatoms. The zero-order chi connectivity index (χ0) is 20.1. The van der Waals surface area contributed by atoms with E-state index in [1.165, 1.54) is 12.1 Å². The van der Waals surface area contributed by atoms with Crippen LogP contribution < -0.4 is 0 Å². The first kappa shape index (κ1) is 18.5. The standard InChI is InChI=1S/C22H24FN3O2/c1-13-8-9-17-18(24-13)16-10-11-26(21(27)28-22(2,3)4)20(19(16)25-17)14-6-5-7-15(23)12-14/h5-9,12,20,25H,10-11H2,1-4H3. The number of rotatable bonds is 1. The van der Waals surface area contributed by atoms with E-state index in [-0.39, 0.29) is 5.82 Å². The second kappa shape index (κ2) is 6.62. The number of fused-ring (bicyclic) bond motifs is 3. The molecule has 1 aliphatic rings. The van der Waals surface area contributed by atoms with E-state index in [1.807, 2.05) is 45.9 Å². The van der Waals surface area contributed by atoms with E-state index >= 15 is 0 Å². The first-order valence-electron chi connectivity index (χ1n) is 9.46. The summed E-state index contributed by atoms with van der Waals surface area (Å²) in [5.41, 5.74) is 4.82. The quantitative estimate of drug-likeness (QED) is 0.653. The summed E-state index contributed by atoms with van der Waals surface area (Å²) in [6.45, 7) is 7.96. The number of H-pyrrole nitrogens is 1. The Balaban J connectivity index is 1.86. The SMILES string of the molecule is Cc1ccc2[nH]c3c(c2n1)CCN(C(=O)OC(C)(C)C)C3c1cccc(F)c1. The number of carbonyl (C=O) groups is 1. The van der Waals surface area contributed by atoms with Gasteiger partial charge in [-0.15, -0.1) is 0 Å². The van der Waals surface area contributed by atoms with Crippen LogP contribution in [0.4, 0.5) is 9.18 Å². The summed E-state index contributed by atoms with van der Waals surface area (Å²) >= 11 is 0.